The zero-order chi connectivity index (χ0) is 28.9. The van der Waals surface area contributed by atoms with E-state index < -0.39 is 21.4 Å². The molecular weight excluding hydrogens is 536 g/mol. The number of benzene rings is 1. The van der Waals surface area contributed by atoms with Crippen molar-refractivity contribution in [3.8, 4) is 28.7 Å². The van der Waals surface area contributed by atoms with Gasteiger partial charge in [0.05, 0.1) is 14.2 Å². The van der Waals surface area contributed by atoms with Crippen molar-refractivity contribution in [1.82, 2.24) is 29.7 Å². The molecule has 4 aromatic rings. The molecule has 1 aromatic carbocycles. The Bertz CT molecular complexity index is 1540. The Morgan fingerprint density at radius 2 is 1.62 bits per heavy atom. The number of para-hydroxylation sites is 1. The van der Waals surface area contributed by atoms with E-state index in [-0.39, 0.29) is 17.6 Å². The van der Waals surface area contributed by atoms with E-state index in [1.807, 2.05) is 26.0 Å². The van der Waals surface area contributed by atoms with Crippen LogP contribution in [0.2, 0.25) is 0 Å². The van der Waals surface area contributed by atoms with E-state index in [9.17, 15) is 8.42 Å². The molecule has 0 radical (unpaired) electrons. The van der Waals surface area contributed by atoms with E-state index in [1.54, 1.807) is 36.7 Å². The highest BCUT2D eigenvalue weighted by atomic mass is 32.2. The van der Waals surface area contributed by atoms with Gasteiger partial charge in [-0.15, -0.1) is 10.2 Å². The number of nitrogens with one attached hydrogen (secondary N) is 2. The molecule has 212 valence electrons. The maximum Gasteiger partial charge on any atom is 0.243 e. The minimum atomic E-state index is -4.13. The van der Waals surface area contributed by atoms with Crippen molar-refractivity contribution in [1.29, 1.82) is 0 Å². The fourth-order valence-electron chi connectivity index (χ4n) is 4.06. The number of anilines is 2. The van der Waals surface area contributed by atoms with Crippen LogP contribution in [-0.2, 0) is 14.8 Å². The molecule has 0 aliphatic carbocycles. The van der Waals surface area contributed by atoms with Gasteiger partial charge in [0, 0.05) is 26.0 Å². The van der Waals surface area contributed by atoms with Crippen LogP contribution in [0.25, 0.3) is 17.2 Å². The first-order chi connectivity index (χ1) is 19.2. The third kappa shape index (κ3) is 5.82. The number of hydrogen-bond acceptors (Lipinski definition) is 11. The maximum absolute atomic E-state index is 13.7. The molecule has 14 heteroatoms. The Labute approximate surface area is 233 Å². The largest absolute Gasteiger partial charge is 0.494 e. The summed E-state index contributed by atoms with van der Waals surface area (Å²) in [4.78, 5) is 13.2. The third-order valence-corrected chi connectivity index (χ3v) is 7.78. The maximum atomic E-state index is 13.7. The molecule has 0 spiro atoms. The Kier molecular flexibility index (Phi) is 8.80. The first-order valence-corrected chi connectivity index (χ1v) is 14.0. The molecule has 3 heterocycles. The van der Waals surface area contributed by atoms with Gasteiger partial charge < -0.3 is 19.5 Å². The highest BCUT2D eigenvalue weighted by molar-refractivity contribution is 7.93. The molecule has 0 saturated carbocycles. The van der Waals surface area contributed by atoms with Gasteiger partial charge >= 0.3 is 0 Å². The van der Waals surface area contributed by atoms with Gasteiger partial charge in [0.25, 0.3) is 0 Å². The van der Waals surface area contributed by atoms with E-state index in [0.717, 1.165) is 5.56 Å². The third-order valence-electron chi connectivity index (χ3n) is 6.08. The highest BCUT2D eigenvalue weighted by Gasteiger charge is 2.35. The molecule has 3 aromatic heterocycles. The SMILES string of the molecule is CCNc1cccc(-c2nnc(NS(=O)(=O)[C@@H](C)[C@H](OC)c3ncc(C)cn3)n2-c2c(OC)cccc2OC)n1. The average Bonchev–Trinajstić information content (AvgIpc) is 3.36. The van der Waals surface area contributed by atoms with Crippen LogP contribution in [0, 0.1) is 6.92 Å². The minimum absolute atomic E-state index is 0.0972. The normalized spacial score (nSPS) is 12.9. The van der Waals surface area contributed by atoms with Crippen LogP contribution in [0.3, 0.4) is 0 Å². The Hall–Kier alpha value is -4.30. The van der Waals surface area contributed by atoms with Crippen LogP contribution in [0.1, 0.15) is 31.3 Å². The first kappa shape index (κ1) is 28.7. The van der Waals surface area contributed by atoms with Crippen molar-refractivity contribution in [3.05, 3.63) is 60.2 Å². The molecule has 13 nitrogen and oxygen atoms in total. The predicted octanol–water partition coefficient (Wildman–Crippen LogP) is 3.39. The first-order valence-electron chi connectivity index (χ1n) is 12.4. The summed E-state index contributed by atoms with van der Waals surface area (Å²) >= 11 is 0. The molecule has 0 saturated heterocycles. The Morgan fingerprint density at radius 1 is 0.975 bits per heavy atom. The van der Waals surface area contributed by atoms with Crippen molar-refractivity contribution < 1.29 is 22.6 Å². The lowest BCUT2D eigenvalue weighted by molar-refractivity contribution is 0.0949. The van der Waals surface area contributed by atoms with Gasteiger partial charge in [-0.2, -0.15) is 0 Å². The lowest BCUT2D eigenvalue weighted by atomic mass is 10.2. The smallest absolute Gasteiger partial charge is 0.243 e. The summed E-state index contributed by atoms with van der Waals surface area (Å²) in [6.45, 7) is 5.97. The number of aryl methyl sites for hydroxylation is 1. The number of hydrogen-bond donors (Lipinski definition) is 2. The number of pyridine rings is 1. The molecule has 2 atom stereocenters. The second kappa shape index (κ2) is 12.3. The molecule has 0 fully saturated rings. The number of sulfonamides is 1. The van der Waals surface area contributed by atoms with E-state index >= 15 is 0 Å². The fourth-order valence-corrected chi connectivity index (χ4v) is 5.19. The van der Waals surface area contributed by atoms with Gasteiger partial charge in [0.1, 0.15) is 40.1 Å². The van der Waals surface area contributed by atoms with Gasteiger partial charge in [0.2, 0.25) is 16.0 Å². The van der Waals surface area contributed by atoms with Gasteiger partial charge in [-0.3, -0.25) is 9.29 Å². The molecule has 0 aliphatic heterocycles. The second-order valence-electron chi connectivity index (χ2n) is 8.76. The van der Waals surface area contributed by atoms with Crippen LogP contribution in [0.15, 0.2) is 48.8 Å². The van der Waals surface area contributed by atoms with E-state index in [2.05, 4.69) is 35.2 Å². The van der Waals surface area contributed by atoms with Gasteiger partial charge in [0.15, 0.2) is 11.6 Å². The van der Waals surface area contributed by atoms with Crippen molar-refractivity contribution in [2.24, 2.45) is 0 Å². The zero-order valence-corrected chi connectivity index (χ0v) is 23.9. The zero-order valence-electron chi connectivity index (χ0n) is 23.1. The molecular formula is C26H32N8O5S. The summed E-state index contributed by atoms with van der Waals surface area (Å²) in [5, 5.41) is 10.6. The Morgan fingerprint density at radius 3 is 2.23 bits per heavy atom. The number of aromatic nitrogens is 6. The number of nitrogens with zero attached hydrogens (tertiary/aromatic N) is 6. The quantitative estimate of drug-likeness (QED) is 0.258. The second-order valence-corrected chi connectivity index (χ2v) is 10.8. The standard InChI is InChI=1S/C26H32N8O5S/c1-7-27-21-13-8-10-18(30-21)25-31-32-26(34(25)22-19(37-4)11-9-12-20(22)38-5)33-40(35,36)17(3)23(39-6)24-28-14-16(2)15-29-24/h8-15,17,23H,7H2,1-6H3,(H,27,30)(H,32,33)/t17-,23-/m0/s1. The Balaban J connectivity index is 1.85. The lowest BCUT2D eigenvalue weighted by Crippen LogP contribution is -2.33. The molecule has 0 unspecified atom stereocenters. The van der Waals surface area contributed by atoms with Gasteiger partial charge in [-0.1, -0.05) is 12.1 Å². The molecule has 0 amide bonds. The molecule has 0 aliphatic rings. The predicted molar refractivity (Wildman–Crippen MR) is 150 cm³/mol. The number of ether oxygens (including phenoxy) is 3. The number of rotatable bonds is 12. The van der Waals surface area contributed by atoms with E-state index in [4.69, 9.17) is 14.2 Å². The molecule has 2 N–H and O–H groups in total. The van der Waals surface area contributed by atoms with Crippen LogP contribution in [0.4, 0.5) is 11.8 Å². The monoisotopic (exact) mass is 568 g/mol. The topological polar surface area (TPSA) is 155 Å². The average molecular weight is 569 g/mol. The summed E-state index contributed by atoms with van der Waals surface area (Å²) in [5.74, 6) is 1.83. The van der Waals surface area contributed by atoms with Crippen molar-refractivity contribution in [3.63, 3.8) is 0 Å². The molecule has 4 rings (SSSR count). The minimum Gasteiger partial charge on any atom is -0.494 e. The summed E-state index contributed by atoms with van der Waals surface area (Å²) in [5.41, 5.74) is 1.67. The van der Waals surface area contributed by atoms with Crippen LogP contribution in [0.5, 0.6) is 11.5 Å². The van der Waals surface area contributed by atoms with Gasteiger partial charge in [-0.25, -0.2) is 23.4 Å². The van der Waals surface area contributed by atoms with Crippen LogP contribution in [-0.4, -0.2) is 71.3 Å². The van der Waals surface area contributed by atoms with Crippen LogP contribution < -0.4 is 19.5 Å². The molecule has 40 heavy (non-hydrogen) atoms. The van der Waals surface area contributed by atoms with Crippen LogP contribution >= 0.6 is 0 Å². The summed E-state index contributed by atoms with van der Waals surface area (Å²) in [6, 6.07) is 10.6. The van der Waals surface area contributed by atoms with Gasteiger partial charge in [-0.05, 0) is 50.6 Å². The van der Waals surface area contributed by atoms with E-state index in [1.165, 1.54) is 32.8 Å². The highest BCUT2D eigenvalue weighted by Crippen LogP contribution is 2.38. The van der Waals surface area contributed by atoms with E-state index in [0.29, 0.717) is 35.2 Å². The molecule has 0 bridgehead atoms. The fraction of sp³-hybridized carbons (Fsp3) is 0.346. The van der Waals surface area contributed by atoms with Crippen molar-refractivity contribution >= 4 is 21.8 Å². The van der Waals surface area contributed by atoms with Crippen molar-refractivity contribution in [2.75, 3.05) is 37.9 Å². The number of methoxy groups -OCH3 is 3. The lowest BCUT2D eigenvalue weighted by Gasteiger charge is -2.23. The summed E-state index contributed by atoms with van der Waals surface area (Å²) < 4.78 is 48.2. The van der Waals surface area contributed by atoms with Crippen molar-refractivity contribution in [2.45, 2.75) is 32.1 Å². The summed E-state index contributed by atoms with van der Waals surface area (Å²) in [7, 11) is 0.281. The summed E-state index contributed by atoms with van der Waals surface area (Å²) in [6.07, 6.45) is 2.26.